The van der Waals surface area contributed by atoms with Crippen LogP contribution in [0.3, 0.4) is 0 Å². The summed E-state index contributed by atoms with van der Waals surface area (Å²) in [6.45, 7) is 8.19. The van der Waals surface area contributed by atoms with Gasteiger partial charge in [-0.25, -0.2) is 0 Å². The number of hydrogen-bond acceptors (Lipinski definition) is 7. The van der Waals surface area contributed by atoms with Crippen molar-refractivity contribution in [1.82, 2.24) is 19.9 Å². The third-order valence-electron chi connectivity index (χ3n) is 5.88. The highest BCUT2D eigenvalue weighted by atomic mass is 16.5. The van der Waals surface area contributed by atoms with Crippen LogP contribution in [0.2, 0.25) is 0 Å². The molecule has 0 unspecified atom stereocenters. The maximum atomic E-state index is 12.8. The van der Waals surface area contributed by atoms with Gasteiger partial charge in [-0.2, -0.15) is 4.98 Å². The predicted octanol–water partition coefficient (Wildman–Crippen LogP) is 3.61. The van der Waals surface area contributed by atoms with E-state index >= 15 is 0 Å². The van der Waals surface area contributed by atoms with Crippen LogP contribution in [-0.4, -0.2) is 66.2 Å². The van der Waals surface area contributed by atoms with Crippen LogP contribution in [0.1, 0.15) is 45.4 Å². The van der Waals surface area contributed by atoms with E-state index in [9.17, 15) is 4.79 Å². The standard InChI is InChI=1S/C23H34N4O4/c1-5-7-12-27(6-2)23(28)17-10-13-26(14-11-17)16-21-24-22(25-31-21)18-8-9-19(29-3)20(15-18)30-4/h8-9,15,17H,5-7,10-14,16H2,1-4H3. The molecule has 1 aliphatic rings. The number of aromatic nitrogens is 2. The molecule has 0 spiro atoms. The summed E-state index contributed by atoms with van der Waals surface area (Å²) in [5, 5.41) is 4.12. The minimum atomic E-state index is 0.123. The lowest BCUT2D eigenvalue weighted by atomic mass is 9.95. The lowest BCUT2D eigenvalue weighted by molar-refractivity contribution is -0.137. The van der Waals surface area contributed by atoms with E-state index in [2.05, 4.69) is 28.9 Å². The van der Waals surface area contributed by atoms with Crippen LogP contribution in [0.5, 0.6) is 11.5 Å². The molecule has 1 aromatic heterocycles. The average Bonchev–Trinajstić information content (AvgIpc) is 3.27. The smallest absolute Gasteiger partial charge is 0.241 e. The Morgan fingerprint density at radius 3 is 2.58 bits per heavy atom. The van der Waals surface area contributed by atoms with Gasteiger partial charge in [0.1, 0.15) is 0 Å². The lowest BCUT2D eigenvalue weighted by Gasteiger charge is -2.33. The summed E-state index contributed by atoms with van der Waals surface area (Å²) in [5.41, 5.74) is 0.809. The molecule has 1 aliphatic heterocycles. The number of carbonyl (C=O) groups is 1. The second-order valence-corrected chi connectivity index (χ2v) is 7.90. The molecule has 0 aliphatic carbocycles. The van der Waals surface area contributed by atoms with E-state index in [1.165, 1.54) is 0 Å². The molecule has 31 heavy (non-hydrogen) atoms. The van der Waals surface area contributed by atoms with Gasteiger partial charge in [0, 0.05) is 24.6 Å². The molecule has 0 radical (unpaired) electrons. The van der Waals surface area contributed by atoms with Crippen LogP contribution in [0, 0.1) is 5.92 Å². The van der Waals surface area contributed by atoms with Gasteiger partial charge in [0.15, 0.2) is 11.5 Å². The van der Waals surface area contributed by atoms with Crippen molar-refractivity contribution in [2.24, 2.45) is 5.92 Å². The Morgan fingerprint density at radius 2 is 1.94 bits per heavy atom. The molecule has 1 amide bonds. The van der Waals surface area contributed by atoms with Gasteiger partial charge in [-0.1, -0.05) is 18.5 Å². The first-order valence-corrected chi connectivity index (χ1v) is 11.2. The van der Waals surface area contributed by atoms with E-state index in [0.717, 1.165) is 57.4 Å². The summed E-state index contributed by atoms with van der Waals surface area (Å²) in [6, 6.07) is 5.54. The maximum Gasteiger partial charge on any atom is 0.241 e. The number of amides is 1. The molecule has 0 saturated carbocycles. The first-order valence-electron chi connectivity index (χ1n) is 11.2. The van der Waals surface area contributed by atoms with Crippen LogP contribution < -0.4 is 9.47 Å². The molecule has 2 heterocycles. The number of hydrogen-bond donors (Lipinski definition) is 0. The highest BCUT2D eigenvalue weighted by Gasteiger charge is 2.28. The van der Waals surface area contributed by atoms with Crippen molar-refractivity contribution >= 4 is 5.91 Å². The fraction of sp³-hybridized carbons (Fsp3) is 0.609. The lowest BCUT2D eigenvalue weighted by Crippen LogP contribution is -2.42. The van der Waals surface area contributed by atoms with Gasteiger partial charge in [0.2, 0.25) is 17.6 Å². The number of piperidine rings is 1. The number of rotatable bonds is 10. The van der Waals surface area contributed by atoms with Gasteiger partial charge in [-0.05, 0) is 57.5 Å². The quantitative estimate of drug-likeness (QED) is 0.569. The Kier molecular flexibility index (Phi) is 8.28. The van der Waals surface area contributed by atoms with E-state index in [0.29, 0.717) is 35.7 Å². The Labute approximate surface area is 184 Å². The molecule has 170 valence electrons. The normalized spacial score (nSPS) is 15.1. The van der Waals surface area contributed by atoms with Gasteiger partial charge < -0.3 is 18.9 Å². The van der Waals surface area contributed by atoms with Crippen molar-refractivity contribution < 1.29 is 18.8 Å². The minimum Gasteiger partial charge on any atom is -0.493 e. The van der Waals surface area contributed by atoms with E-state index in [1.54, 1.807) is 14.2 Å². The Balaban J connectivity index is 1.55. The fourth-order valence-electron chi connectivity index (χ4n) is 3.97. The van der Waals surface area contributed by atoms with Gasteiger partial charge in [-0.15, -0.1) is 0 Å². The molecule has 1 fully saturated rings. The number of likely N-dealkylation sites (tertiary alicyclic amines) is 1. The van der Waals surface area contributed by atoms with E-state index in [1.807, 2.05) is 23.1 Å². The van der Waals surface area contributed by atoms with Gasteiger partial charge in [0.05, 0.1) is 20.8 Å². The predicted molar refractivity (Wildman–Crippen MR) is 118 cm³/mol. The first-order chi connectivity index (χ1) is 15.1. The largest absolute Gasteiger partial charge is 0.493 e. The monoisotopic (exact) mass is 430 g/mol. The van der Waals surface area contributed by atoms with Crippen molar-refractivity contribution in [2.45, 2.75) is 46.1 Å². The van der Waals surface area contributed by atoms with Gasteiger partial charge >= 0.3 is 0 Å². The fourth-order valence-corrected chi connectivity index (χ4v) is 3.97. The van der Waals surface area contributed by atoms with Crippen LogP contribution in [-0.2, 0) is 11.3 Å². The highest BCUT2D eigenvalue weighted by molar-refractivity contribution is 5.79. The minimum absolute atomic E-state index is 0.123. The average molecular weight is 431 g/mol. The first kappa shape index (κ1) is 23.1. The second-order valence-electron chi connectivity index (χ2n) is 7.90. The summed E-state index contributed by atoms with van der Waals surface area (Å²) < 4.78 is 16.1. The Hall–Kier alpha value is -2.61. The molecular formula is C23H34N4O4. The summed E-state index contributed by atoms with van der Waals surface area (Å²) in [6.07, 6.45) is 3.92. The molecule has 1 aromatic carbocycles. The number of nitrogens with zero attached hydrogens (tertiary/aromatic N) is 4. The molecule has 0 N–H and O–H groups in total. The van der Waals surface area contributed by atoms with Crippen molar-refractivity contribution in [3.63, 3.8) is 0 Å². The van der Waals surface area contributed by atoms with Crippen molar-refractivity contribution in [1.29, 1.82) is 0 Å². The van der Waals surface area contributed by atoms with Crippen molar-refractivity contribution in [3.8, 4) is 22.9 Å². The van der Waals surface area contributed by atoms with Crippen molar-refractivity contribution in [3.05, 3.63) is 24.1 Å². The molecule has 0 atom stereocenters. The zero-order valence-electron chi connectivity index (χ0n) is 19.1. The van der Waals surface area contributed by atoms with Crippen LogP contribution in [0.25, 0.3) is 11.4 Å². The summed E-state index contributed by atoms with van der Waals surface area (Å²) in [7, 11) is 3.20. The molecule has 0 bridgehead atoms. The number of unbranched alkanes of at least 4 members (excludes halogenated alkanes) is 1. The topological polar surface area (TPSA) is 80.9 Å². The van der Waals surface area contributed by atoms with Crippen LogP contribution >= 0.6 is 0 Å². The Bertz CT molecular complexity index is 846. The number of methoxy groups -OCH3 is 2. The van der Waals surface area contributed by atoms with Gasteiger partial charge in [-0.3, -0.25) is 9.69 Å². The molecule has 2 aromatic rings. The summed E-state index contributed by atoms with van der Waals surface area (Å²) >= 11 is 0. The highest BCUT2D eigenvalue weighted by Crippen LogP contribution is 2.31. The molecular weight excluding hydrogens is 396 g/mol. The third kappa shape index (κ3) is 5.76. The molecule has 3 rings (SSSR count). The summed E-state index contributed by atoms with van der Waals surface area (Å²) in [5.74, 6) is 2.81. The summed E-state index contributed by atoms with van der Waals surface area (Å²) in [4.78, 5) is 21.6. The van der Waals surface area contributed by atoms with Crippen LogP contribution in [0.4, 0.5) is 0 Å². The number of ether oxygens (including phenoxy) is 2. The maximum absolute atomic E-state index is 12.8. The SMILES string of the molecule is CCCCN(CC)C(=O)C1CCN(Cc2nc(-c3ccc(OC)c(OC)c3)no2)CC1. The van der Waals surface area contributed by atoms with E-state index in [4.69, 9.17) is 14.0 Å². The molecule has 8 heteroatoms. The van der Waals surface area contributed by atoms with Crippen LogP contribution in [0.15, 0.2) is 22.7 Å². The van der Waals surface area contributed by atoms with Crippen molar-refractivity contribution in [2.75, 3.05) is 40.4 Å². The zero-order valence-corrected chi connectivity index (χ0v) is 19.1. The second kappa shape index (κ2) is 11.1. The number of carbonyl (C=O) groups excluding carboxylic acids is 1. The molecule has 8 nitrogen and oxygen atoms in total. The van der Waals surface area contributed by atoms with Gasteiger partial charge in [0.25, 0.3) is 0 Å². The van der Waals surface area contributed by atoms with E-state index < -0.39 is 0 Å². The van der Waals surface area contributed by atoms with E-state index in [-0.39, 0.29) is 5.92 Å². The molecule has 1 saturated heterocycles. The third-order valence-corrected chi connectivity index (χ3v) is 5.88. The number of benzene rings is 1. The Morgan fingerprint density at radius 1 is 1.19 bits per heavy atom. The zero-order chi connectivity index (χ0) is 22.2.